The minimum atomic E-state index is -4.28. The van der Waals surface area contributed by atoms with Gasteiger partial charge in [-0.25, -0.2) is 8.42 Å². The fourth-order valence-electron chi connectivity index (χ4n) is 4.30. The molecule has 154 valence electrons. The summed E-state index contributed by atoms with van der Waals surface area (Å²) in [7, 11) is -4.28. The molecular formula is C20H22N2O6S. The highest BCUT2D eigenvalue weighted by molar-refractivity contribution is 7.89. The van der Waals surface area contributed by atoms with Gasteiger partial charge in [-0.15, -0.1) is 0 Å². The highest BCUT2D eigenvalue weighted by atomic mass is 32.2. The summed E-state index contributed by atoms with van der Waals surface area (Å²) in [5, 5.41) is 33.8. The molecule has 2 N–H and O–H groups in total. The van der Waals surface area contributed by atoms with Gasteiger partial charge in [0.2, 0.25) is 10.0 Å². The zero-order valence-corrected chi connectivity index (χ0v) is 16.5. The molecule has 1 aliphatic heterocycles. The lowest BCUT2D eigenvalue weighted by atomic mass is 9.66. The summed E-state index contributed by atoms with van der Waals surface area (Å²) in [6.07, 6.45) is 1.09. The van der Waals surface area contributed by atoms with Crippen molar-refractivity contribution in [2.45, 2.75) is 42.4 Å². The van der Waals surface area contributed by atoms with Gasteiger partial charge in [-0.1, -0.05) is 42.8 Å². The first-order valence-corrected chi connectivity index (χ1v) is 10.9. The van der Waals surface area contributed by atoms with Crippen molar-refractivity contribution >= 4 is 15.7 Å². The number of hydrogen-bond donors (Lipinski definition) is 2. The molecule has 0 amide bonds. The Kier molecular flexibility index (Phi) is 4.94. The predicted octanol–water partition coefficient (Wildman–Crippen LogP) is 2.15. The summed E-state index contributed by atoms with van der Waals surface area (Å²) < 4.78 is 27.7. The van der Waals surface area contributed by atoms with Gasteiger partial charge in [0.05, 0.1) is 4.92 Å². The fourth-order valence-corrected chi connectivity index (χ4v) is 5.89. The first-order chi connectivity index (χ1) is 13.8. The standard InChI is InChI=1S/C20H22N2O6S/c23-19-13-21(29(27,28)18-11-4-3-10-17(18)22(25)26)12-14-6-1-2-9-16(14)20(19,24)15-7-5-8-15/h1-4,6,9-11,15,19,23-24H,5,7-8,12-13H2. The van der Waals surface area contributed by atoms with E-state index < -0.39 is 37.2 Å². The van der Waals surface area contributed by atoms with E-state index in [1.165, 1.54) is 18.2 Å². The number of rotatable bonds is 4. The minimum absolute atomic E-state index is 0.0867. The number of nitro groups is 1. The largest absolute Gasteiger partial charge is 0.388 e. The van der Waals surface area contributed by atoms with E-state index in [2.05, 4.69) is 0 Å². The molecule has 0 bridgehead atoms. The first-order valence-electron chi connectivity index (χ1n) is 9.48. The van der Waals surface area contributed by atoms with Crippen LogP contribution >= 0.6 is 0 Å². The van der Waals surface area contributed by atoms with Gasteiger partial charge in [0, 0.05) is 19.2 Å². The van der Waals surface area contributed by atoms with Crippen molar-refractivity contribution in [2.75, 3.05) is 6.54 Å². The quantitative estimate of drug-likeness (QED) is 0.580. The second kappa shape index (κ2) is 7.17. The first kappa shape index (κ1) is 20.0. The van der Waals surface area contributed by atoms with E-state index >= 15 is 0 Å². The van der Waals surface area contributed by atoms with Crippen LogP contribution in [0.25, 0.3) is 0 Å². The van der Waals surface area contributed by atoms with Crippen LogP contribution in [0, 0.1) is 16.0 Å². The predicted molar refractivity (Wildman–Crippen MR) is 104 cm³/mol. The van der Waals surface area contributed by atoms with E-state index in [0.29, 0.717) is 11.1 Å². The summed E-state index contributed by atoms with van der Waals surface area (Å²) in [5.41, 5.74) is -0.964. The molecule has 2 aliphatic rings. The number of nitrogens with zero attached hydrogens (tertiary/aromatic N) is 2. The van der Waals surface area contributed by atoms with E-state index in [0.717, 1.165) is 29.6 Å². The molecule has 1 saturated carbocycles. The normalized spacial score (nSPS) is 25.7. The fraction of sp³-hybridized carbons (Fsp3) is 0.400. The Bertz CT molecular complexity index is 1050. The Balaban J connectivity index is 1.81. The number of β-amino-alcohol motifs (C(OH)–C–C–N with tert-alkyl or cyclic N) is 1. The molecule has 0 aromatic heterocycles. The van der Waals surface area contributed by atoms with Gasteiger partial charge in [-0.3, -0.25) is 10.1 Å². The molecule has 0 saturated heterocycles. The van der Waals surface area contributed by atoms with Gasteiger partial charge in [-0.05, 0) is 36.0 Å². The Morgan fingerprint density at radius 3 is 2.41 bits per heavy atom. The van der Waals surface area contributed by atoms with Crippen LogP contribution < -0.4 is 0 Å². The summed E-state index contributed by atoms with van der Waals surface area (Å²) in [5.74, 6) is -0.160. The molecule has 0 spiro atoms. The van der Waals surface area contributed by atoms with Gasteiger partial charge < -0.3 is 10.2 Å². The third-order valence-electron chi connectivity index (χ3n) is 6.09. The van der Waals surface area contributed by atoms with Crippen molar-refractivity contribution in [1.82, 2.24) is 4.31 Å². The molecule has 2 aromatic rings. The zero-order chi connectivity index (χ0) is 20.8. The van der Waals surface area contributed by atoms with E-state index in [4.69, 9.17) is 0 Å². The van der Waals surface area contributed by atoms with Crippen LogP contribution in [0.15, 0.2) is 53.4 Å². The van der Waals surface area contributed by atoms with E-state index in [1.54, 1.807) is 24.3 Å². The number of benzene rings is 2. The van der Waals surface area contributed by atoms with Gasteiger partial charge in [0.15, 0.2) is 4.90 Å². The molecule has 1 aliphatic carbocycles. The highest BCUT2D eigenvalue weighted by Gasteiger charge is 2.51. The molecule has 0 radical (unpaired) electrons. The topological polar surface area (TPSA) is 121 Å². The van der Waals surface area contributed by atoms with E-state index in [1.807, 2.05) is 0 Å². The van der Waals surface area contributed by atoms with Gasteiger partial charge in [0.25, 0.3) is 5.69 Å². The molecule has 4 rings (SSSR count). The van der Waals surface area contributed by atoms with Crippen LogP contribution in [0.3, 0.4) is 0 Å². The molecule has 9 heteroatoms. The SMILES string of the molecule is O=[N+]([O-])c1ccccc1S(=O)(=O)N1Cc2ccccc2C(O)(C2CCC2)C(O)C1. The molecule has 29 heavy (non-hydrogen) atoms. The second-order valence-corrected chi connectivity index (χ2v) is 9.55. The van der Waals surface area contributed by atoms with E-state index in [9.17, 15) is 28.7 Å². The number of fused-ring (bicyclic) bond motifs is 1. The molecule has 2 atom stereocenters. The highest BCUT2D eigenvalue weighted by Crippen LogP contribution is 2.47. The smallest absolute Gasteiger partial charge is 0.289 e. The van der Waals surface area contributed by atoms with Gasteiger partial charge >= 0.3 is 0 Å². The van der Waals surface area contributed by atoms with Crippen LogP contribution in [0.4, 0.5) is 5.69 Å². The summed E-state index contributed by atoms with van der Waals surface area (Å²) in [6, 6.07) is 12.1. The van der Waals surface area contributed by atoms with Crippen LogP contribution in [0.2, 0.25) is 0 Å². The lowest BCUT2D eigenvalue weighted by molar-refractivity contribution is -0.387. The van der Waals surface area contributed by atoms with Gasteiger partial charge in [0.1, 0.15) is 11.7 Å². The van der Waals surface area contributed by atoms with Crippen LogP contribution in [-0.4, -0.2) is 40.5 Å². The monoisotopic (exact) mass is 418 g/mol. The average molecular weight is 418 g/mol. The summed E-state index contributed by atoms with van der Waals surface area (Å²) in [6.45, 7) is -0.438. The number of sulfonamides is 1. The zero-order valence-electron chi connectivity index (χ0n) is 15.6. The van der Waals surface area contributed by atoms with Crippen molar-refractivity contribution in [3.63, 3.8) is 0 Å². The Morgan fingerprint density at radius 1 is 1.10 bits per heavy atom. The van der Waals surface area contributed by atoms with Crippen molar-refractivity contribution in [3.05, 3.63) is 69.8 Å². The number of nitro benzene ring substituents is 1. The Labute approximate surface area is 168 Å². The Morgan fingerprint density at radius 2 is 1.76 bits per heavy atom. The molecular weight excluding hydrogens is 396 g/mol. The summed E-state index contributed by atoms with van der Waals surface area (Å²) >= 11 is 0. The van der Waals surface area contributed by atoms with Crippen molar-refractivity contribution in [2.24, 2.45) is 5.92 Å². The molecule has 2 unspecified atom stereocenters. The minimum Gasteiger partial charge on any atom is -0.388 e. The maximum absolute atomic E-state index is 13.3. The molecule has 1 fully saturated rings. The number of para-hydroxylation sites is 1. The van der Waals surface area contributed by atoms with Crippen molar-refractivity contribution < 1.29 is 23.6 Å². The third-order valence-corrected chi connectivity index (χ3v) is 7.95. The van der Waals surface area contributed by atoms with Crippen molar-refractivity contribution in [1.29, 1.82) is 0 Å². The molecule has 1 heterocycles. The van der Waals surface area contributed by atoms with Crippen molar-refractivity contribution in [3.8, 4) is 0 Å². The number of hydrogen-bond acceptors (Lipinski definition) is 6. The lowest BCUT2D eigenvalue weighted by Gasteiger charge is -2.44. The second-order valence-electron chi connectivity index (χ2n) is 7.65. The van der Waals surface area contributed by atoms with Crippen LogP contribution in [0.1, 0.15) is 30.4 Å². The maximum atomic E-state index is 13.3. The lowest BCUT2D eigenvalue weighted by Crippen LogP contribution is -2.51. The Hall–Kier alpha value is -2.33. The van der Waals surface area contributed by atoms with Crippen LogP contribution in [0.5, 0.6) is 0 Å². The maximum Gasteiger partial charge on any atom is 0.289 e. The number of aliphatic hydroxyl groups is 2. The van der Waals surface area contributed by atoms with Crippen LogP contribution in [-0.2, 0) is 22.2 Å². The van der Waals surface area contributed by atoms with E-state index in [-0.39, 0.29) is 19.0 Å². The van der Waals surface area contributed by atoms with Gasteiger partial charge in [-0.2, -0.15) is 4.31 Å². The third kappa shape index (κ3) is 3.14. The molecule has 2 aromatic carbocycles. The number of aliphatic hydroxyl groups excluding tert-OH is 1. The summed E-state index contributed by atoms with van der Waals surface area (Å²) in [4.78, 5) is 10.2. The average Bonchev–Trinajstić information content (AvgIpc) is 2.76. The molecule has 8 nitrogen and oxygen atoms in total.